The molecule has 4 heteroatoms. The Balaban J connectivity index is 2.10. The van der Waals surface area contributed by atoms with Crippen LogP contribution in [0.5, 0.6) is 5.75 Å². The second-order valence-electron chi connectivity index (χ2n) is 5.94. The summed E-state index contributed by atoms with van der Waals surface area (Å²) in [5, 5.41) is 0. The van der Waals surface area contributed by atoms with Crippen molar-refractivity contribution in [3.05, 3.63) is 65.2 Å². The summed E-state index contributed by atoms with van der Waals surface area (Å²) in [6, 6.07) is 15.0. The Morgan fingerprint density at radius 3 is 2.44 bits per heavy atom. The smallest absolute Gasteiger partial charge is 0.341 e. The van der Waals surface area contributed by atoms with Gasteiger partial charge in [0.25, 0.3) is 0 Å². The molecule has 25 heavy (non-hydrogen) atoms. The van der Waals surface area contributed by atoms with E-state index < -0.39 is 6.29 Å². The van der Waals surface area contributed by atoms with Crippen LogP contribution in [0.2, 0.25) is 0 Å². The van der Waals surface area contributed by atoms with Crippen LogP contribution in [0.15, 0.2) is 48.5 Å². The predicted octanol–water partition coefficient (Wildman–Crippen LogP) is 5.07. The van der Waals surface area contributed by atoms with Gasteiger partial charge in [-0.1, -0.05) is 61.7 Å². The van der Waals surface area contributed by atoms with E-state index in [1.54, 1.807) is 25.3 Å². The van der Waals surface area contributed by atoms with Crippen LogP contribution in [0.1, 0.15) is 54.0 Å². The third kappa shape index (κ3) is 5.61. The highest BCUT2D eigenvalue weighted by molar-refractivity contribution is 5.92. The number of methoxy groups -OCH3 is 1. The summed E-state index contributed by atoms with van der Waals surface area (Å²) in [4.78, 5) is 12.3. The van der Waals surface area contributed by atoms with Gasteiger partial charge in [0.05, 0.1) is 6.61 Å². The maximum Gasteiger partial charge on any atom is 0.341 e. The number of carbonyl (C=O) groups is 1. The molecule has 0 aromatic heterocycles. The van der Waals surface area contributed by atoms with Gasteiger partial charge in [-0.2, -0.15) is 0 Å². The molecule has 2 rings (SSSR count). The molecule has 134 valence electrons. The second-order valence-corrected chi connectivity index (χ2v) is 5.94. The van der Waals surface area contributed by atoms with Gasteiger partial charge in [-0.05, 0) is 25.5 Å². The summed E-state index contributed by atoms with van der Waals surface area (Å²) >= 11 is 0. The largest absolute Gasteiger partial charge is 0.462 e. The molecule has 0 heterocycles. The fourth-order valence-corrected chi connectivity index (χ4v) is 2.42. The van der Waals surface area contributed by atoms with Crippen molar-refractivity contribution < 1.29 is 19.0 Å². The zero-order valence-corrected chi connectivity index (χ0v) is 15.2. The van der Waals surface area contributed by atoms with Crippen LogP contribution in [0, 0.1) is 6.92 Å². The van der Waals surface area contributed by atoms with Crippen molar-refractivity contribution in [1.29, 1.82) is 0 Å². The molecule has 0 saturated heterocycles. The molecule has 0 amide bonds. The van der Waals surface area contributed by atoms with E-state index in [4.69, 9.17) is 14.2 Å². The van der Waals surface area contributed by atoms with Crippen molar-refractivity contribution in [1.82, 2.24) is 0 Å². The number of unbranched alkanes of at least 4 members (excludes halogenated alkanes) is 2. The van der Waals surface area contributed by atoms with E-state index in [0.717, 1.165) is 30.4 Å². The number of hydrogen-bond acceptors (Lipinski definition) is 4. The van der Waals surface area contributed by atoms with E-state index in [-0.39, 0.29) is 5.97 Å². The number of hydrogen-bond donors (Lipinski definition) is 0. The number of aryl methyl sites for hydroxylation is 1. The maximum atomic E-state index is 12.3. The molecule has 0 aliphatic carbocycles. The number of rotatable bonds is 9. The highest BCUT2D eigenvalue weighted by Crippen LogP contribution is 2.26. The van der Waals surface area contributed by atoms with Crippen LogP contribution in [0.4, 0.5) is 0 Å². The molecule has 0 fully saturated rings. The van der Waals surface area contributed by atoms with Crippen molar-refractivity contribution in [2.45, 2.75) is 39.4 Å². The molecule has 0 aliphatic heterocycles. The minimum Gasteiger partial charge on any atom is -0.462 e. The van der Waals surface area contributed by atoms with Gasteiger partial charge in [-0.15, -0.1) is 0 Å². The second kappa shape index (κ2) is 9.84. The maximum absolute atomic E-state index is 12.3. The van der Waals surface area contributed by atoms with Crippen molar-refractivity contribution in [2.24, 2.45) is 0 Å². The van der Waals surface area contributed by atoms with Gasteiger partial charge in [-0.25, -0.2) is 4.79 Å². The fraction of sp³-hybridized carbons (Fsp3) is 0.381. The van der Waals surface area contributed by atoms with Crippen molar-refractivity contribution in [2.75, 3.05) is 13.7 Å². The quantitative estimate of drug-likeness (QED) is 0.363. The first kappa shape index (κ1) is 19.0. The van der Waals surface area contributed by atoms with Crippen LogP contribution >= 0.6 is 0 Å². The summed E-state index contributed by atoms with van der Waals surface area (Å²) in [6.45, 7) is 4.56. The first-order chi connectivity index (χ1) is 12.2. The van der Waals surface area contributed by atoms with E-state index in [1.165, 1.54) is 0 Å². The lowest BCUT2D eigenvalue weighted by atomic mass is 10.1. The SMILES string of the molecule is CCCCCOC(=O)c1ccccc1OC(OC)c1ccc(C)cc1. The standard InChI is InChI=1S/C21H26O4/c1-4-5-8-15-24-20(22)18-9-6-7-10-19(18)25-21(23-3)17-13-11-16(2)12-14-17/h6-7,9-14,21H,4-5,8,15H2,1-3H3. The van der Waals surface area contributed by atoms with Gasteiger partial charge in [0.15, 0.2) is 0 Å². The van der Waals surface area contributed by atoms with E-state index in [1.807, 2.05) is 37.3 Å². The average Bonchev–Trinajstić information content (AvgIpc) is 2.64. The first-order valence-corrected chi connectivity index (χ1v) is 8.68. The lowest BCUT2D eigenvalue weighted by Gasteiger charge is -2.19. The van der Waals surface area contributed by atoms with Crippen LogP contribution in [0.3, 0.4) is 0 Å². The van der Waals surface area contributed by atoms with Gasteiger partial charge in [0.2, 0.25) is 6.29 Å². The van der Waals surface area contributed by atoms with Crippen molar-refractivity contribution >= 4 is 5.97 Å². The Hall–Kier alpha value is -2.33. The molecular formula is C21H26O4. The highest BCUT2D eigenvalue weighted by atomic mass is 16.7. The molecule has 0 aliphatic rings. The minimum atomic E-state index is -0.588. The van der Waals surface area contributed by atoms with Crippen LogP contribution in [0.25, 0.3) is 0 Å². The summed E-state index contributed by atoms with van der Waals surface area (Å²) in [5.74, 6) is 0.0841. The Morgan fingerprint density at radius 2 is 1.76 bits per heavy atom. The van der Waals surface area contributed by atoms with Crippen LogP contribution < -0.4 is 4.74 Å². The molecule has 4 nitrogen and oxygen atoms in total. The van der Waals surface area contributed by atoms with Crippen molar-refractivity contribution in [3.8, 4) is 5.75 Å². The summed E-state index contributed by atoms with van der Waals surface area (Å²) in [5.41, 5.74) is 2.46. The Kier molecular flexibility index (Phi) is 7.48. The van der Waals surface area contributed by atoms with E-state index in [2.05, 4.69) is 6.92 Å². The Morgan fingerprint density at radius 1 is 1.04 bits per heavy atom. The van der Waals surface area contributed by atoms with Gasteiger partial charge in [-0.3, -0.25) is 0 Å². The molecule has 0 radical (unpaired) electrons. The fourth-order valence-electron chi connectivity index (χ4n) is 2.42. The highest BCUT2D eigenvalue weighted by Gasteiger charge is 2.18. The number of esters is 1. The Bertz CT molecular complexity index is 664. The number of carbonyl (C=O) groups excluding carboxylic acids is 1. The summed E-state index contributed by atoms with van der Waals surface area (Å²) in [7, 11) is 1.58. The van der Waals surface area contributed by atoms with Crippen LogP contribution in [-0.2, 0) is 9.47 Å². The Labute approximate surface area is 149 Å². The monoisotopic (exact) mass is 342 g/mol. The molecule has 0 N–H and O–H groups in total. The van der Waals surface area contributed by atoms with Gasteiger partial charge >= 0.3 is 5.97 Å². The average molecular weight is 342 g/mol. The zero-order valence-electron chi connectivity index (χ0n) is 15.2. The van der Waals surface area contributed by atoms with E-state index in [0.29, 0.717) is 17.9 Å². The molecule has 1 atom stereocenters. The lowest BCUT2D eigenvalue weighted by Crippen LogP contribution is -2.14. The normalized spacial score (nSPS) is 11.8. The molecule has 1 unspecified atom stereocenters. The molecule has 0 saturated carbocycles. The van der Waals surface area contributed by atoms with E-state index in [9.17, 15) is 4.79 Å². The minimum absolute atomic E-state index is 0.370. The zero-order chi connectivity index (χ0) is 18.1. The lowest BCUT2D eigenvalue weighted by molar-refractivity contribution is -0.0568. The molecule has 0 bridgehead atoms. The summed E-state index contributed by atoms with van der Waals surface area (Å²) < 4.78 is 16.7. The van der Waals surface area contributed by atoms with Crippen LogP contribution in [-0.4, -0.2) is 19.7 Å². The molecule has 2 aromatic rings. The third-order valence-corrected chi connectivity index (χ3v) is 3.89. The summed E-state index contributed by atoms with van der Waals surface area (Å²) in [6.07, 6.45) is 2.41. The topological polar surface area (TPSA) is 44.8 Å². The number of para-hydroxylation sites is 1. The molecule has 2 aromatic carbocycles. The van der Waals surface area contributed by atoms with E-state index >= 15 is 0 Å². The first-order valence-electron chi connectivity index (χ1n) is 8.68. The number of benzene rings is 2. The van der Waals surface area contributed by atoms with Gasteiger partial charge in [0.1, 0.15) is 11.3 Å². The predicted molar refractivity (Wildman–Crippen MR) is 97.8 cm³/mol. The van der Waals surface area contributed by atoms with Gasteiger partial charge in [0, 0.05) is 12.7 Å². The number of ether oxygens (including phenoxy) is 3. The molecule has 0 spiro atoms. The van der Waals surface area contributed by atoms with Crippen molar-refractivity contribution in [3.63, 3.8) is 0 Å². The van der Waals surface area contributed by atoms with Gasteiger partial charge < -0.3 is 14.2 Å². The third-order valence-electron chi connectivity index (χ3n) is 3.89. The molecular weight excluding hydrogens is 316 g/mol.